The van der Waals surface area contributed by atoms with Gasteiger partial charge < -0.3 is 27.9 Å². The van der Waals surface area contributed by atoms with Crippen LogP contribution in [0.2, 0.25) is 0 Å². The highest BCUT2D eigenvalue weighted by molar-refractivity contribution is 6.39. The molecule has 9 aromatic rings. The third-order valence-electron chi connectivity index (χ3n) is 10.5. The zero-order valence-electron chi connectivity index (χ0n) is 29.1. The Morgan fingerprint density at radius 3 is 1.30 bits per heavy atom. The fraction of sp³-hybridized carbons (Fsp3) is 0.0667. The Hall–Kier alpha value is -7.06. The average molecular weight is 694 g/mol. The van der Waals surface area contributed by atoms with E-state index >= 15 is 9.59 Å². The van der Waals surface area contributed by atoms with Crippen LogP contribution in [-0.4, -0.2) is 46.6 Å². The van der Waals surface area contributed by atoms with Gasteiger partial charge >= 0.3 is 0 Å². The van der Waals surface area contributed by atoms with E-state index in [1.807, 2.05) is 124 Å². The summed E-state index contributed by atoms with van der Waals surface area (Å²) >= 11 is 0. The van der Waals surface area contributed by atoms with Gasteiger partial charge in [0.1, 0.15) is 28.6 Å². The fourth-order valence-electron chi connectivity index (χ4n) is 8.21. The van der Waals surface area contributed by atoms with Crippen LogP contribution in [0.5, 0.6) is 17.2 Å². The molecule has 3 heterocycles. The summed E-state index contributed by atoms with van der Waals surface area (Å²) in [6.45, 7) is 0. The molecule has 0 saturated carbocycles. The lowest BCUT2D eigenvalue weighted by atomic mass is 9.89. The Labute approximate surface area is 303 Å². The van der Waals surface area contributed by atoms with Gasteiger partial charge in [0, 0.05) is 38.6 Å². The molecule has 1 aliphatic carbocycles. The second-order valence-electron chi connectivity index (χ2n) is 13.1. The predicted molar refractivity (Wildman–Crippen MR) is 207 cm³/mol. The number of carbonyl (C=O) groups excluding carboxylic acids is 2. The molecule has 0 bridgehead atoms. The number of rotatable bonds is 6. The van der Waals surface area contributed by atoms with Gasteiger partial charge in [-0.05, 0) is 97.1 Å². The molecule has 0 atom stereocenters. The molecule has 0 N–H and O–H groups in total. The molecule has 0 saturated heterocycles. The summed E-state index contributed by atoms with van der Waals surface area (Å²) in [5, 5.41) is 3.32. The Morgan fingerprint density at radius 1 is 0.377 bits per heavy atom. The fourth-order valence-corrected chi connectivity index (χ4v) is 8.21. The SMILES string of the molecule is COc1ccc(-n2c3c(c4ccccc42)C(=O)c2c(c4c5c6ccccc6n(-c6ccc(OC)cc6)c5ccc4n2-c2ccc(OC)cc2)C3=O)cc1. The number of benzene rings is 6. The lowest BCUT2D eigenvalue weighted by Crippen LogP contribution is -2.24. The summed E-state index contributed by atoms with van der Waals surface area (Å²) in [7, 11) is 4.90. The van der Waals surface area contributed by atoms with Crippen molar-refractivity contribution >= 4 is 55.2 Å². The molecule has 0 aliphatic heterocycles. The number of aromatic nitrogens is 3. The summed E-state index contributed by atoms with van der Waals surface area (Å²) in [6.07, 6.45) is 0. The lowest BCUT2D eigenvalue weighted by Gasteiger charge is -2.18. The molecule has 0 fully saturated rings. The number of hydrogen-bond donors (Lipinski definition) is 0. The molecular formula is C45H31N3O5. The zero-order valence-corrected chi connectivity index (χ0v) is 29.1. The van der Waals surface area contributed by atoms with E-state index in [1.165, 1.54) is 0 Å². The Bertz CT molecular complexity index is 2960. The first-order valence-corrected chi connectivity index (χ1v) is 17.3. The van der Waals surface area contributed by atoms with Crippen molar-refractivity contribution in [2.45, 2.75) is 0 Å². The zero-order chi connectivity index (χ0) is 36.0. The molecule has 0 radical (unpaired) electrons. The van der Waals surface area contributed by atoms with Gasteiger partial charge in [0.25, 0.3) is 0 Å². The molecule has 8 heteroatoms. The summed E-state index contributed by atoms with van der Waals surface area (Å²) in [4.78, 5) is 30.9. The van der Waals surface area contributed by atoms with Gasteiger partial charge in [0.05, 0.1) is 54.5 Å². The summed E-state index contributed by atoms with van der Waals surface area (Å²) in [5.74, 6) is 1.72. The highest BCUT2D eigenvalue weighted by Crippen LogP contribution is 2.46. The largest absolute Gasteiger partial charge is 0.497 e. The number of ether oxygens (including phenoxy) is 3. The van der Waals surface area contributed by atoms with Gasteiger partial charge in [-0.1, -0.05) is 36.4 Å². The monoisotopic (exact) mass is 693 g/mol. The molecule has 0 spiro atoms. The van der Waals surface area contributed by atoms with E-state index in [9.17, 15) is 0 Å². The van der Waals surface area contributed by atoms with Crippen LogP contribution in [-0.2, 0) is 0 Å². The number of para-hydroxylation sites is 2. The standard InChI is InChI=1S/C45H31N3O5/c1-51-29-18-12-26(13-19-29)46-34-10-6-4-8-32(34)38-36(46)24-25-37-40(38)41-43(48(37)28-16-22-31(53-3)23-17-28)44(49)39-33-9-5-7-11-35(33)47(42(39)45(41)50)27-14-20-30(52-2)21-15-27/h4-25H,1-3H3. The number of hydrogen-bond acceptors (Lipinski definition) is 5. The van der Waals surface area contributed by atoms with Crippen molar-refractivity contribution in [3.8, 4) is 34.3 Å². The molecular weight excluding hydrogens is 663 g/mol. The van der Waals surface area contributed by atoms with E-state index in [4.69, 9.17) is 14.2 Å². The third-order valence-corrected chi connectivity index (χ3v) is 10.5. The van der Waals surface area contributed by atoms with Gasteiger partial charge in [-0.3, -0.25) is 9.59 Å². The third kappa shape index (κ3) is 4.23. The predicted octanol–water partition coefficient (Wildman–Crippen LogP) is 9.47. The molecule has 10 rings (SSSR count). The van der Waals surface area contributed by atoms with Gasteiger partial charge in [0.2, 0.25) is 11.6 Å². The number of fused-ring (bicyclic) bond motifs is 10. The summed E-state index contributed by atoms with van der Waals surface area (Å²) in [5.41, 5.74) is 7.35. The van der Waals surface area contributed by atoms with Crippen molar-refractivity contribution in [1.29, 1.82) is 0 Å². The van der Waals surface area contributed by atoms with Crippen LogP contribution in [0.1, 0.15) is 32.1 Å². The second kappa shape index (κ2) is 11.5. The quantitative estimate of drug-likeness (QED) is 0.173. The van der Waals surface area contributed by atoms with Crippen LogP contribution in [0.3, 0.4) is 0 Å². The molecule has 6 aromatic carbocycles. The Balaban J connectivity index is 1.36. The summed E-state index contributed by atoms with van der Waals surface area (Å²) in [6, 6.07) is 43.1. The average Bonchev–Trinajstić information content (AvgIpc) is 3.87. The highest BCUT2D eigenvalue weighted by Gasteiger charge is 2.41. The van der Waals surface area contributed by atoms with Crippen molar-refractivity contribution in [1.82, 2.24) is 13.7 Å². The van der Waals surface area contributed by atoms with Crippen LogP contribution in [0.4, 0.5) is 0 Å². The Kier molecular flexibility index (Phi) is 6.66. The van der Waals surface area contributed by atoms with E-state index in [-0.39, 0.29) is 11.6 Å². The number of nitrogens with zero attached hydrogens (tertiary/aromatic N) is 3. The van der Waals surface area contributed by atoms with E-state index in [0.717, 1.165) is 66.4 Å². The van der Waals surface area contributed by atoms with Crippen molar-refractivity contribution in [2.75, 3.05) is 21.3 Å². The minimum Gasteiger partial charge on any atom is -0.497 e. The van der Waals surface area contributed by atoms with Crippen molar-refractivity contribution in [3.63, 3.8) is 0 Å². The molecule has 53 heavy (non-hydrogen) atoms. The normalized spacial score (nSPS) is 12.5. The second-order valence-corrected chi connectivity index (χ2v) is 13.1. The van der Waals surface area contributed by atoms with E-state index in [0.29, 0.717) is 34.0 Å². The highest BCUT2D eigenvalue weighted by atomic mass is 16.5. The van der Waals surface area contributed by atoms with Crippen molar-refractivity contribution in [3.05, 3.63) is 156 Å². The van der Waals surface area contributed by atoms with E-state index < -0.39 is 0 Å². The smallest absolute Gasteiger partial charge is 0.213 e. The molecule has 8 nitrogen and oxygen atoms in total. The number of carbonyl (C=O) groups is 2. The van der Waals surface area contributed by atoms with Crippen LogP contribution < -0.4 is 14.2 Å². The summed E-state index contributed by atoms with van der Waals surface area (Å²) < 4.78 is 22.5. The maximum Gasteiger partial charge on any atom is 0.213 e. The molecule has 1 aliphatic rings. The van der Waals surface area contributed by atoms with Crippen molar-refractivity contribution < 1.29 is 23.8 Å². The van der Waals surface area contributed by atoms with Crippen LogP contribution in [0.25, 0.3) is 60.7 Å². The Morgan fingerprint density at radius 2 is 0.774 bits per heavy atom. The first-order chi connectivity index (χ1) is 26.0. The minimum absolute atomic E-state index is 0.211. The number of ketones is 2. The first-order valence-electron chi connectivity index (χ1n) is 17.3. The van der Waals surface area contributed by atoms with E-state index in [1.54, 1.807) is 21.3 Å². The van der Waals surface area contributed by atoms with E-state index in [2.05, 4.69) is 22.8 Å². The number of methoxy groups -OCH3 is 3. The lowest BCUT2D eigenvalue weighted by molar-refractivity contribution is 0.0973. The molecule has 0 unspecified atom stereocenters. The molecule has 256 valence electrons. The van der Waals surface area contributed by atoms with Crippen molar-refractivity contribution in [2.24, 2.45) is 0 Å². The molecule has 0 amide bonds. The topological polar surface area (TPSA) is 76.6 Å². The van der Waals surface area contributed by atoms with Gasteiger partial charge in [-0.2, -0.15) is 0 Å². The van der Waals surface area contributed by atoms with Gasteiger partial charge in [-0.25, -0.2) is 0 Å². The minimum atomic E-state index is -0.215. The van der Waals surface area contributed by atoms with Crippen LogP contribution >= 0.6 is 0 Å². The van der Waals surface area contributed by atoms with Crippen LogP contribution in [0, 0.1) is 0 Å². The molecule has 3 aromatic heterocycles. The maximum atomic E-state index is 15.6. The van der Waals surface area contributed by atoms with Gasteiger partial charge in [-0.15, -0.1) is 0 Å². The maximum absolute atomic E-state index is 15.6. The van der Waals surface area contributed by atoms with Gasteiger partial charge in [0.15, 0.2) is 0 Å². The first kappa shape index (κ1) is 30.7. The van der Waals surface area contributed by atoms with Crippen LogP contribution in [0.15, 0.2) is 133 Å².